The summed E-state index contributed by atoms with van der Waals surface area (Å²) < 4.78 is -3.01. The Hall–Kier alpha value is 0.840. The molecule has 26 heavy (non-hydrogen) atoms. The number of Topliss-reactive ketones (excluding diaryl/α,β-unsaturated/α-hetero) is 1. The van der Waals surface area contributed by atoms with E-state index in [0.717, 1.165) is 0 Å². The van der Waals surface area contributed by atoms with Gasteiger partial charge in [-0.25, -0.2) is 0 Å². The highest BCUT2D eigenvalue weighted by molar-refractivity contribution is 6.68. The molecule has 0 aliphatic rings. The van der Waals surface area contributed by atoms with Crippen molar-refractivity contribution in [2.45, 2.75) is 59.7 Å². The van der Waals surface area contributed by atoms with Gasteiger partial charge in [0.2, 0.25) is 5.91 Å². The van der Waals surface area contributed by atoms with Crippen molar-refractivity contribution < 1.29 is 9.59 Å². The highest BCUT2D eigenvalue weighted by atomic mass is 35.6. The van der Waals surface area contributed by atoms with Crippen molar-refractivity contribution in [2.75, 3.05) is 14.1 Å². The maximum Gasteiger partial charge on any atom is 0.237 e. The zero-order valence-electron chi connectivity index (χ0n) is 15.5. The van der Waals surface area contributed by atoms with Crippen molar-refractivity contribution in [2.24, 2.45) is 11.8 Å². The summed E-state index contributed by atoms with van der Waals surface area (Å²) in [5.41, 5.74) is 0. The van der Waals surface area contributed by atoms with Crippen LogP contribution in [0.4, 0.5) is 0 Å². The lowest BCUT2D eigenvalue weighted by Gasteiger charge is -2.31. The molecule has 10 heteroatoms. The molecule has 0 unspecified atom stereocenters. The number of carbonyl (C=O) groups excluding carboxylic acids is 2. The molecule has 0 aromatic heterocycles. The minimum absolute atomic E-state index is 0.133. The van der Waals surface area contributed by atoms with Crippen molar-refractivity contribution in [3.8, 4) is 0 Å². The summed E-state index contributed by atoms with van der Waals surface area (Å²) in [5.74, 6) is -1.26. The van der Waals surface area contributed by atoms with E-state index in [1.807, 2.05) is 0 Å². The van der Waals surface area contributed by atoms with E-state index in [0.29, 0.717) is 6.42 Å². The number of hydrogen-bond donors (Lipinski definition) is 1. The smallest absolute Gasteiger partial charge is 0.237 e. The van der Waals surface area contributed by atoms with Crippen LogP contribution in [0, 0.1) is 11.8 Å². The second kappa shape index (κ2) is 11.1. The predicted octanol–water partition coefficient (Wildman–Crippen LogP) is 5.17. The van der Waals surface area contributed by atoms with E-state index in [9.17, 15) is 9.59 Å². The van der Waals surface area contributed by atoms with E-state index in [1.54, 1.807) is 39.8 Å². The quantitative estimate of drug-likeness (QED) is 0.453. The molecule has 0 saturated heterocycles. The van der Waals surface area contributed by atoms with E-state index in [2.05, 4.69) is 5.32 Å². The first kappa shape index (κ1) is 26.8. The van der Waals surface area contributed by atoms with Crippen molar-refractivity contribution in [1.82, 2.24) is 10.2 Å². The standard InChI is InChI=1S/C16H26Cl6N2O2/c1-6-13(25)11(7-9(2)15(17,18)19)23-14(26)12(24(4)5)8-10(3)16(20,21)22/h9-12H,6-8H2,1-5H3,(H,23,26)/t9-,10-,11-,12-/m0/s1. The number of likely N-dealkylation sites (N-methyl/N-ethyl adjacent to an activating group) is 1. The van der Waals surface area contributed by atoms with Gasteiger partial charge >= 0.3 is 0 Å². The third-order valence-corrected chi connectivity index (χ3v) is 6.50. The Morgan fingerprint density at radius 1 is 0.923 bits per heavy atom. The van der Waals surface area contributed by atoms with Gasteiger partial charge in [-0.1, -0.05) is 90.4 Å². The minimum Gasteiger partial charge on any atom is -0.345 e. The lowest BCUT2D eigenvalue weighted by Crippen LogP contribution is -2.51. The molecular formula is C16H26Cl6N2O2. The van der Waals surface area contributed by atoms with Crippen LogP contribution >= 0.6 is 69.6 Å². The molecule has 0 aliphatic heterocycles. The maximum atomic E-state index is 12.8. The van der Waals surface area contributed by atoms with E-state index in [4.69, 9.17) is 69.6 Å². The normalized spacial score (nSPS) is 17.5. The SMILES string of the molecule is CCC(=O)[C@H](C[C@H](C)C(Cl)(Cl)Cl)NC(=O)[C@H](C[C@H](C)C(Cl)(Cl)Cl)N(C)C. The first-order valence-electron chi connectivity index (χ1n) is 8.24. The van der Waals surface area contributed by atoms with Crippen LogP contribution in [-0.2, 0) is 9.59 Å². The van der Waals surface area contributed by atoms with Gasteiger partial charge in [0, 0.05) is 18.3 Å². The van der Waals surface area contributed by atoms with Crippen LogP contribution < -0.4 is 5.32 Å². The van der Waals surface area contributed by atoms with Gasteiger partial charge < -0.3 is 5.32 Å². The van der Waals surface area contributed by atoms with Crippen LogP contribution in [0.15, 0.2) is 0 Å². The fraction of sp³-hybridized carbons (Fsp3) is 0.875. The second-order valence-electron chi connectivity index (χ2n) is 6.72. The first-order valence-corrected chi connectivity index (χ1v) is 10.5. The number of nitrogens with zero attached hydrogens (tertiary/aromatic N) is 1. The van der Waals surface area contributed by atoms with Crippen LogP contribution in [0.3, 0.4) is 0 Å². The van der Waals surface area contributed by atoms with Crippen molar-refractivity contribution >= 4 is 81.3 Å². The number of alkyl halides is 6. The number of rotatable bonds is 9. The van der Waals surface area contributed by atoms with Gasteiger partial charge in [-0.15, -0.1) is 0 Å². The van der Waals surface area contributed by atoms with E-state index >= 15 is 0 Å². The molecular weight excluding hydrogens is 465 g/mol. The fourth-order valence-corrected chi connectivity index (χ4v) is 2.83. The Balaban J connectivity index is 5.26. The van der Waals surface area contributed by atoms with Crippen molar-refractivity contribution in [3.05, 3.63) is 0 Å². The lowest BCUT2D eigenvalue weighted by atomic mass is 9.96. The summed E-state index contributed by atoms with van der Waals surface area (Å²) in [7, 11) is 3.49. The van der Waals surface area contributed by atoms with E-state index in [-0.39, 0.29) is 30.4 Å². The summed E-state index contributed by atoms with van der Waals surface area (Å²) in [6, 6.07) is -1.32. The minimum atomic E-state index is -1.53. The van der Waals surface area contributed by atoms with Gasteiger partial charge in [-0.05, 0) is 26.9 Å². The predicted molar refractivity (Wildman–Crippen MR) is 113 cm³/mol. The first-order chi connectivity index (χ1) is 11.6. The number of amides is 1. The van der Waals surface area contributed by atoms with Gasteiger partial charge in [0.1, 0.15) is 0 Å². The molecule has 0 bridgehead atoms. The summed E-state index contributed by atoms with van der Waals surface area (Å²) >= 11 is 35.4. The molecule has 4 atom stereocenters. The van der Waals surface area contributed by atoms with Crippen LogP contribution in [0.1, 0.15) is 40.0 Å². The molecule has 1 N–H and O–H groups in total. The van der Waals surface area contributed by atoms with Crippen LogP contribution in [-0.4, -0.2) is 50.4 Å². The number of nitrogens with one attached hydrogen (secondary N) is 1. The topological polar surface area (TPSA) is 49.4 Å². The largest absolute Gasteiger partial charge is 0.345 e. The highest BCUT2D eigenvalue weighted by Gasteiger charge is 2.36. The van der Waals surface area contributed by atoms with Crippen molar-refractivity contribution in [3.63, 3.8) is 0 Å². The molecule has 0 fully saturated rings. The van der Waals surface area contributed by atoms with Crippen LogP contribution in [0.5, 0.6) is 0 Å². The fourth-order valence-electron chi connectivity index (χ4n) is 2.29. The van der Waals surface area contributed by atoms with Gasteiger partial charge in [-0.3, -0.25) is 14.5 Å². The monoisotopic (exact) mass is 488 g/mol. The van der Waals surface area contributed by atoms with Gasteiger partial charge in [0.05, 0.1) is 12.1 Å². The van der Waals surface area contributed by atoms with Crippen LogP contribution in [0.2, 0.25) is 0 Å². The number of halogens is 6. The summed E-state index contributed by atoms with van der Waals surface area (Å²) in [6.45, 7) is 5.18. The molecule has 1 amide bonds. The van der Waals surface area contributed by atoms with Crippen LogP contribution in [0.25, 0.3) is 0 Å². The average Bonchev–Trinajstić information content (AvgIpc) is 2.48. The Bertz CT molecular complexity index is 476. The molecule has 0 spiro atoms. The van der Waals surface area contributed by atoms with Crippen molar-refractivity contribution in [1.29, 1.82) is 0 Å². The zero-order chi connectivity index (χ0) is 20.9. The molecule has 0 aliphatic carbocycles. The number of ketones is 1. The molecule has 154 valence electrons. The molecule has 0 heterocycles. The average molecular weight is 491 g/mol. The zero-order valence-corrected chi connectivity index (χ0v) is 20.0. The molecule has 4 nitrogen and oxygen atoms in total. The summed E-state index contributed by atoms with van der Waals surface area (Å²) in [6.07, 6.45) is 0.784. The van der Waals surface area contributed by atoms with Gasteiger partial charge in [0.25, 0.3) is 0 Å². The summed E-state index contributed by atoms with van der Waals surface area (Å²) in [4.78, 5) is 26.8. The Morgan fingerprint density at radius 3 is 1.69 bits per heavy atom. The van der Waals surface area contributed by atoms with Gasteiger partial charge in [0.15, 0.2) is 13.4 Å². The second-order valence-corrected chi connectivity index (χ2v) is 11.5. The Kier molecular flexibility index (Phi) is 11.5. The third kappa shape index (κ3) is 9.36. The number of carbonyl (C=O) groups is 2. The maximum absolute atomic E-state index is 12.8. The molecule has 0 aromatic carbocycles. The van der Waals surface area contributed by atoms with E-state index < -0.39 is 25.6 Å². The molecule has 0 radical (unpaired) electrons. The summed E-state index contributed by atoms with van der Waals surface area (Å²) in [5, 5.41) is 2.77. The van der Waals surface area contributed by atoms with Gasteiger partial charge in [-0.2, -0.15) is 0 Å². The Labute approximate surface area is 186 Å². The number of hydrogen-bond acceptors (Lipinski definition) is 3. The Morgan fingerprint density at radius 2 is 1.35 bits per heavy atom. The van der Waals surface area contributed by atoms with E-state index in [1.165, 1.54) is 0 Å². The molecule has 0 aromatic rings. The molecule has 0 rings (SSSR count). The highest BCUT2D eigenvalue weighted by Crippen LogP contribution is 2.38. The lowest BCUT2D eigenvalue weighted by molar-refractivity contribution is -0.131. The molecule has 0 saturated carbocycles. The third-order valence-electron chi connectivity index (χ3n) is 4.26.